The van der Waals surface area contributed by atoms with Crippen LogP contribution in [0.1, 0.15) is 27.7 Å². The molecular formula is C9H18O5. The van der Waals surface area contributed by atoms with Crippen molar-refractivity contribution in [3.63, 3.8) is 0 Å². The normalized spacial score (nSPS) is 60.0. The third-order valence-corrected chi connectivity index (χ3v) is 3.58. The second kappa shape index (κ2) is 2.90. The number of aliphatic hydroxyl groups is 4. The molecule has 1 saturated heterocycles. The lowest BCUT2D eigenvalue weighted by Gasteiger charge is -2.55. The van der Waals surface area contributed by atoms with E-state index in [0.29, 0.717) is 0 Å². The number of hydrogen-bond donors (Lipinski definition) is 4. The molecule has 14 heavy (non-hydrogen) atoms. The smallest absolute Gasteiger partial charge is 0.186 e. The van der Waals surface area contributed by atoms with Gasteiger partial charge in [-0.3, -0.25) is 0 Å². The fraction of sp³-hybridized carbons (Fsp3) is 1.00. The standard InChI is InChI=1S/C9H18O5/c1-5-7(2,11)9(4,13)8(3,12)6(10)14-5/h5-6,10-13H,1-4H3/t5-,6-,7-,8-,9-/m1/s1. The van der Waals surface area contributed by atoms with Crippen LogP contribution in [0.25, 0.3) is 0 Å². The maximum absolute atomic E-state index is 10.0. The van der Waals surface area contributed by atoms with Gasteiger partial charge in [-0.15, -0.1) is 0 Å². The summed E-state index contributed by atoms with van der Waals surface area (Å²) in [5.74, 6) is 0. The van der Waals surface area contributed by atoms with E-state index in [9.17, 15) is 20.4 Å². The van der Waals surface area contributed by atoms with Gasteiger partial charge in [0.25, 0.3) is 0 Å². The molecule has 1 fully saturated rings. The molecule has 84 valence electrons. The van der Waals surface area contributed by atoms with E-state index >= 15 is 0 Å². The summed E-state index contributed by atoms with van der Waals surface area (Å²) in [5, 5.41) is 39.3. The molecule has 1 rings (SSSR count). The summed E-state index contributed by atoms with van der Waals surface area (Å²) < 4.78 is 4.95. The Labute approximate surface area is 82.9 Å². The van der Waals surface area contributed by atoms with Gasteiger partial charge in [0.15, 0.2) is 6.29 Å². The molecule has 0 aromatic carbocycles. The van der Waals surface area contributed by atoms with E-state index in [4.69, 9.17) is 4.74 Å². The number of aliphatic hydroxyl groups excluding tert-OH is 1. The first-order valence-corrected chi connectivity index (χ1v) is 4.56. The predicted molar refractivity (Wildman–Crippen MR) is 48.4 cm³/mol. The van der Waals surface area contributed by atoms with E-state index in [1.807, 2.05) is 0 Å². The first-order valence-electron chi connectivity index (χ1n) is 4.56. The van der Waals surface area contributed by atoms with E-state index in [0.717, 1.165) is 0 Å². The minimum absolute atomic E-state index is 0.771. The lowest BCUT2D eigenvalue weighted by atomic mass is 9.69. The van der Waals surface area contributed by atoms with Crippen molar-refractivity contribution in [2.75, 3.05) is 0 Å². The summed E-state index contributed by atoms with van der Waals surface area (Å²) in [6.45, 7) is 5.37. The van der Waals surface area contributed by atoms with E-state index in [1.54, 1.807) is 0 Å². The highest BCUT2D eigenvalue weighted by molar-refractivity contribution is 5.12. The highest BCUT2D eigenvalue weighted by atomic mass is 16.6. The molecule has 5 heteroatoms. The van der Waals surface area contributed by atoms with Crippen LogP contribution in [0.3, 0.4) is 0 Å². The molecule has 0 unspecified atom stereocenters. The topological polar surface area (TPSA) is 90.2 Å². The van der Waals surface area contributed by atoms with Crippen LogP contribution in [0.4, 0.5) is 0 Å². The number of rotatable bonds is 0. The molecule has 0 amide bonds. The SMILES string of the molecule is C[C@H]1O[C@@H](O)[C@@](C)(O)[C@](C)(O)[C@]1(C)O. The molecule has 0 spiro atoms. The van der Waals surface area contributed by atoms with Crippen LogP contribution >= 0.6 is 0 Å². The Hall–Kier alpha value is -0.200. The first-order chi connectivity index (χ1) is 6.05. The molecule has 0 radical (unpaired) electrons. The van der Waals surface area contributed by atoms with Crippen molar-refractivity contribution in [2.24, 2.45) is 0 Å². The first kappa shape index (κ1) is 11.9. The zero-order valence-corrected chi connectivity index (χ0v) is 8.85. The monoisotopic (exact) mass is 206 g/mol. The van der Waals surface area contributed by atoms with Gasteiger partial charge < -0.3 is 25.2 Å². The minimum atomic E-state index is -1.91. The Kier molecular flexibility index (Phi) is 2.46. The summed E-state index contributed by atoms with van der Waals surface area (Å²) in [7, 11) is 0. The largest absolute Gasteiger partial charge is 0.384 e. The highest BCUT2D eigenvalue weighted by Gasteiger charge is 2.64. The summed E-state index contributed by atoms with van der Waals surface area (Å²) in [4.78, 5) is 0. The van der Waals surface area contributed by atoms with Crippen LogP contribution in [-0.2, 0) is 4.74 Å². The van der Waals surface area contributed by atoms with Gasteiger partial charge in [-0.2, -0.15) is 0 Å². The fourth-order valence-electron chi connectivity index (χ4n) is 1.61. The third kappa shape index (κ3) is 1.20. The summed E-state index contributed by atoms with van der Waals surface area (Å²) in [5.41, 5.74) is -5.39. The quantitative estimate of drug-likeness (QED) is 0.407. The number of hydrogen-bond acceptors (Lipinski definition) is 5. The third-order valence-electron chi connectivity index (χ3n) is 3.58. The predicted octanol–water partition coefficient (Wildman–Crippen LogP) is -1.02. The van der Waals surface area contributed by atoms with E-state index in [-0.39, 0.29) is 0 Å². The van der Waals surface area contributed by atoms with Gasteiger partial charge in [0, 0.05) is 0 Å². The maximum atomic E-state index is 10.0. The van der Waals surface area contributed by atoms with Gasteiger partial charge >= 0.3 is 0 Å². The Balaban J connectivity index is 3.17. The van der Waals surface area contributed by atoms with Crippen LogP contribution in [0.5, 0.6) is 0 Å². The molecule has 0 bridgehead atoms. The molecule has 1 aliphatic rings. The van der Waals surface area contributed by atoms with E-state index < -0.39 is 29.2 Å². The Bertz CT molecular complexity index is 211. The molecule has 1 heterocycles. The second-order valence-electron chi connectivity index (χ2n) is 4.50. The van der Waals surface area contributed by atoms with E-state index in [1.165, 1.54) is 27.7 Å². The van der Waals surface area contributed by atoms with Crippen molar-refractivity contribution in [3.8, 4) is 0 Å². The summed E-state index contributed by atoms with van der Waals surface area (Å²) in [6, 6.07) is 0. The van der Waals surface area contributed by atoms with Crippen LogP contribution in [0.15, 0.2) is 0 Å². The zero-order valence-electron chi connectivity index (χ0n) is 8.85. The van der Waals surface area contributed by atoms with Crippen LogP contribution in [0, 0.1) is 0 Å². The molecule has 4 N–H and O–H groups in total. The zero-order chi connectivity index (χ0) is 11.4. The van der Waals surface area contributed by atoms with Crippen molar-refractivity contribution < 1.29 is 25.2 Å². The van der Waals surface area contributed by atoms with Gasteiger partial charge in [-0.25, -0.2) is 0 Å². The minimum Gasteiger partial charge on any atom is -0.384 e. The Morgan fingerprint density at radius 1 is 1.00 bits per heavy atom. The van der Waals surface area contributed by atoms with Gasteiger partial charge in [0.05, 0.1) is 6.10 Å². The average molecular weight is 206 g/mol. The van der Waals surface area contributed by atoms with Crippen LogP contribution in [0.2, 0.25) is 0 Å². The Morgan fingerprint density at radius 2 is 1.43 bits per heavy atom. The molecular weight excluding hydrogens is 188 g/mol. The molecule has 0 saturated carbocycles. The lowest BCUT2D eigenvalue weighted by Crippen LogP contribution is -2.76. The fourth-order valence-corrected chi connectivity index (χ4v) is 1.61. The van der Waals surface area contributed by atoms with Gasteiger partial charge in [-0.05, 0) is 27.7 Å². The molecule has 0 aromatic rings. The lowest BCUT2D eigenvalue weighted by molar-refractivity contribution is -0.376. The summed E-state index contributed by atoms with van der Waals surface area (Å²) >= 11 is 0. The second-order valence-corrected chi connectivity index (χ2v) is 4.50. The van der Waals surface area contributed by atoms with Crippen LogP contribution < -0.4 is 0 Å². The van der Waals surface area contributed by atoms with Gasteiger partial charge in [-0.1, -0.05) is 0 Å². The Morgan fingerprint density at radius 3 is 1.86 bits per heavy atom. The van der Waals surface area contributed by atoms with Crippen LogP contribution in [-0.4, -0.2) is 49.6 Å². The molecule has 0 aliphatic carbocycles. The summed E-state index contributed by atoms with van der Waals surface area (Å²) in [6.07, 6.45) is -2.29. The van der Waals surface area contributed by atoms with Crippen molar-refractivity contribution in [3.05, 3.63) is 0 Å². The molecule has 5 atom stereocenters. The van der Waals surface area contributed by atoms with E-state index in [2.05, 4.69) is 0 Å². The highest BCUT2D eigenvalue weighted by Crippen LogP contribution is 2.42. The number of ether oxygens (including phenoxy) is 1. The van der Waals surface area contributed by atoms with Crippen molar-refractivity contribution in [1.82, 2.24) is 0 Å². The van der Waals surface area contributed by atoms with Crippen molar-refractivity contribution in [2.45, 2.75) is 56.9 Å². The molecule has 5 nitrogen and oxygen atoms in total. The van der Waals surface area contributed by atoms with Crippen molar-refractivity contribution in [1.29, 1.82) is 0 Å². The molecule has 1 aliphatic heterocycles. The average Bonchev–Trinajstić information content (AvgIpc) is 2.01. The van der Waals surface area contributed by atoms with Crippen molar-refractivity contribution >= 4 is 0 Å². The maximum Gasteiger partial charge on any atom is 0.186 e. The van der Waals surface area contributed by atoms with Gasteiger partial charge in [0.1, 0.15) is 16.8 Å². The molecule has 0 aromatic heterocycles. The van der Waals surface area contributed by atoms with Gasteiger partial charge in [0.2, 0.25) is 0 Å².